The SMILES string of the molecule is COC(=O)C[C@H]1[C@@]2(C)C[C@@]34O[C@]5(C)O[C@]6([C@@H]7C(=C(O)C(C)C)C(=O)O[C@@H](c8ccoc8)[C@]7(C)CC[C@]6(O5)[C@]13C)[C@H](OC(C)=O)[C@@]4(O)[C@H]2OC(C)=O. The Morgan fingerprint density at radius 2 is 1.61 bits per heavy atom. The van der Waals surface area contributed by atoms with Crippen molar-refractivity contribution in [3.63, 3.8) is 0 Å². The first-order valence-electron chi connectivity index (χ1n) is 17.6. The maximum atomic E-state index is 14.5. The normalized spacial score (nSPS) is 50.7. The molecule has 278 valence electrons. The van der Waals surface area contributed by atoms with E-state index in [0.29, 0.717) is 12.0 Å². The molecule has 1 aromatic heterocycles. The van der Waals surface area contributed by atoms with Gasteiger partial charge in [-0.05, 0) is 31.2 Å². The Balaban J connectivity index is 1.53. The largest absolute Gasteiger partial charge is 0.511 e. The highest BCUT2D eigenvalue weighted by atomic mass is 16.9. The standard InChI is InChI=1S/C37H46O14/c1-17(2)24(41)23-25-30(5,26(48-27(23)42)20-10-13-45-15-20)11-12-34-32(7)21(14-22(40)44-9)31(6)16-35(32)36(43,28(31)46-18(3)38)29(47-19(4)39)37(25,34)51-33(8,49-34)50-35/h10,13,15,17,21,25-26,28-29,41,43H,11-12,14,16H2,1-9H3/t21-,25+,26-,28-,29+,30+,31+,32-,33+,34-,35+,36-,37+/m0/s1. The number of furan rings is 1. The van der Waals surface area contributed by atoms with Crippen LogP contribution in [0.25, 0.3) is 0 Å². The van der Waals surface area contributed by atoms with Gasteiger partial charge in [-0.1, -0.05) is 34.6 Å². The summed E-state index contributed by atoms with van der Waals surface area (Å²) in [5.74, 6) is -7.53. The van der Waals surface area contributed by atoms with Crippen molar-refractivity contribution in [1.29, 1.82) is 0 Å². The predicted octanol–water partition coefficient (Wildman–Crippen LogP) is 3.95. The first kappa shape index (κ1) is 34.6. The highest BCUT2D eigenvalue weighted by molar-refractivity contribution is 5.92. The number of allylic oxidation sites excluding steroid dienone is 1. The van der Waals surface area contributed by atoms with Gasteiger partial charge in [0.15, 0.2) is 17.3 Å². The van der Waals surface area contributed by atoms with Crippen molar-refractivity contribution in [3.05, 3.63) is 35.5 Å². The van der Waals surface area contributed by atoms with E-state index in [1.807, 2.05) is 20.8 Å². The molecular formula is C37H46O14. The lowest BCUT2D eigenvalue weighted by molar-refractivity contribution is -0.477. The van der Waals surface area contributed by atoms with E-state index in [2.05, 4.69) is 0 Å². The van der Waals surface area contributed by atoms with Gasteiger partial charge < -0.3 is 47.8 Å². The van der Waals surface area contributed by atoms with Gasteiger partial charge in [-0.3, -0.25) is 14.4 Å². The molecule has 4 saturated carbocycles. The first-order valence-corrected chi connectivity index (χ1v) is 17.6. The topological polar surface area (TPSA) is 186 Å². The highest BCUT2D eigenvalue weighted by Crippen LogP contribution is 2.90. The van der Waals surface area contributed by atoms with Crippen LogP contribution in [0.4, 0.5) is 0 Å². The van der Waals surface area contributed by atoms with E-state index < -0.39 is 105 Å². The number of carbonyl (C=O) groups excluding carboxylic acids is 4. The molecule has 7 aliphatic rings. The fourth-order valence-electron chi connectivity index (χ4n) is 12.9. The summed E-state index contributed by atoms with van der Waals surface area (Å²) in [6.07, 6.45) is -0.648. The molecular weight excluding hydrogens is 668 g/mol. The van der Waals surface area contributed by atoms with Crippen molar-refractivity contribution in [3.8, 4) is 0 Å². The van der Waals surface area contributed by atoms with E-state index >= 15 is 0 Å². The molecule has 2 N–H and O–H groups in total. The van der Waals surface area contributed by atoms with Crippen LogP contribution in [0.3, 0.4) is 0 Å². The van der Waals surface area contributed by atoms with Gasteiger partial charge in [0.25, 0.3) is 5.97 Å². The molecule has 0 aromatic carbocycles. The second-order valence-electron chi connectivity index (χ2n) is 16.9. The molecule has 4 aliphatic carbocycles. The van der Waals surface area contributed by atoms with E-state index in [1.165, 1.54) is 33.5 Å². The summed E-state index contributed by atoms with van der Waals surface area (Å²) in [6, 6.07) is 1.69. The number of cyclic esters (lactones) is 1. The van der Waals surface area contributed by atoms with E-state index in [-0.39, 0.29) is 30.6 Å². The zero-order chi connectivity index (χ0) is 37.1. The van der Waals surface area contributed by atoms with Gasteiger partial charge in [-0.25, -0.2) is 4.79 Å². The Kier molecular flexibility index (Phi) is 6.75. The fraction of sp³-hybridized carbons (Fsp3) is 0.730. The number of carbonyl (C=O) groups is 4. The minimum atomic E-state index is -2.32. The number of ether oxygens (including phenoxy) is 7. The van der Waals surface area contributed by atoms with Crippen LogP contribution in [0.2, 0.25) is 0 Å². The van der Waals surface area contributed by atoms with Crippen LogP contribution in [0, 0.1) is 34.0 Å². The Labute approximate surface area is 295 Å². The number of esters is 4. The van der Waals surface area contributed by atoms with Crippen LogP contribution in [-0.2, 0) is 52.3 Å². The molecule has 0 unspecified atom stereocenters. The summed E-state index contributed by atoms with van der Waals surface area (Å²) in [7, 11) is 1.28. The Hall–Kier alpha value is -3.46. The van der Waals surface area contributed by atoms with Crippen LogP contribution in [0.1, 0.15) is 92.7 Å². The smallest absolute Gasteiger partial charge is 0.338 e. The molecule has 13 atom stereocenters. The van der Waals surface area contributed by atoms with Crippen LogP contribution in [0.5, 0.6) is 0 Å². The zero-order valence-electron chi connectivity index (χ0n) is 30.3. The molecule has 0 amide bonds. The van der Waals surface area contributed by atoms with Crippen molar-refractivity contribution < 1.29 is 67.0 Å². The molecule has 2 spiro atoms. The summed E-state index contributed by atoms with van der Waals surface area (Å²) in [4.78, 5) is 54.2. The number of rotatable bonds is 6. The Morgan fingerprint density at radius 3 is 2.20 bits per heavy atom. The monoisotopic (exact) mass is 714 g/mol. The molecule has 7 fully saturated rings. The second kappa shape index (κ2) is 9.94. The van der Waals surface area contributed by atoms with E-state index in [4.69, 9.17) is 37.6 Å². The van der Waals surface area contributed by atoms with E-state index in [1.54, 1.807) is 26.8 Å². The zero-order valence-corrected chi connectivity index (χ0v) is 30.3. The number of aliphatic hydroxyl groups excluding tert-OH is 1. The van der Waals surface area contributed by atoms with Crippen molar-refractivity contribution in [2.45, 2.75) is 128 Å². The number of aliphatic hydroxyl groups is 2. The van der Waals surface area contributed by atoms with Gasteiger partial charge in [-0.2, -0.15) is 0 Å². The van der Waals surface area contributed by atoms with Crippen LogP contribution < -0.4 is 0 Å². The average molecular weight is 715 g/mol. The van der Waals surface area contributed by atoms with Crippen LogP contribution >= 0.6 is 0 Å². The van der Waals surface area contributed by atoms with Crippen molar-refractivity contribution in [2.75, 3.05) is 7.11 Å². The molecule has 14 heteroatoms. The van der Waals surface area contributed by atoms with Gasteiger partial charge in [0, 0.05) is 60.8 Å². The lowest BCUT2D eigenvalue weighted by Gasteiger charge is -2.77. The molecule has 4 heterocycles. The number of methoxy groups -OCH3 is 1. The molecule has 0 radical (unpaired) electrons. The second-order valence-corrected chi connectivity index (χ2v) is 16.9. The summed E-state index contributed by atoms with van der Waals surface area (Å²) >= 11 is 0. The van der Waals surface area contributed by atoms with E-state index in [0.717, 1.165) is 0 Å². The Bertz CT molecular complexity index is 1790. The lowest BCUT2D eigenvalue weighted by atomic mass is 9.33. The van der Waals surface area contributed by atoms with Gasteiger partial charge in [0.05, 0.1) is 25.2 Å². The van der Waals surface area contributed by atoms with E-state index in [9.17, 15) is 29.4 Å². The van der Waals surface area contributed by atoms with Gasteiger partial charge in [0.2, 0.25) is 0 Å². The maximum Gasteiger partial charge on any atom is 0.338 e. The predicted molar refractivity (Wildman–Crippen MR) is 170 cm³/mol. The van der Waals surface area contributed by atoms with Crippen LogP contribution in [0.15, 0.2) is 34.3 Å². The summed E-state index contributed by atoms with van der Waals surface area (Å²) < 4.78 is 50.6. The molecule has 51 heavy (non-hydrogen) atoms. The number of fused-ring (bicyclic) bond motifs is 3. The first-order chi connectivity index (χ1) is 23.7. The minimum absolute atomic E-state index is 0.0755. The number of hydrogen-bond donors (Lipinski definition) is 2. The summed E-state index contributed by atoms with van der Waals surface area (Å²) in [5, 5.41) is 25.7. The Morgan fingerprint density at radius 1 is 0.961 bits per heavy atom. The quantitative estimate of drug-likeness (QED) is 0.187. The average Bonchev–Trinajstić information content (AvgIpc) is 3.74. The molecule has 1 aromatic rings. The minimum Gasteiger partial charge on any atom is -0.511 e. The third kappa shape index (κ3) is 3.49. The van der Waals surface area contributed by atoms with Gasteiger partial charge in [-0.15, -0.1) is 0 Å². The molecule has 14 nitrogen and oxygen atoms in total. The molecule has 3 aliphatic heterocycles. The molecule has 3 saturated heterocycles. The highest BCUT2D eigenvalue weighted by Gasteiger charge is 3.04. The third-order valence-electron chi connectivity index (χ3n) is 14.2. The molecule has 4 bridgehead atoms. The van der Waals surface area contributed by atoms with Crippen molar-refractivity contribution in [1.82, 2.24) is 0 Å². The van der Waals surface area contributed by atoms with Crippen LogP contribution in [-0.4, -0.2) is 81.8 Å². The lowest BCUT2D eigenvalue weighted by Crippen LogP contribution is -2.93. The fourth-order valence-corrected chi connectivity index (χ4v) is 12.9. The van der Waals surface area contributed by atoms with Gasteiger partial charge >= 0.3 is 23.9 Å². The van der Waals surface area contributed by atoms with Crippen molar-refractivity contribution >= 4 is 23.9 Å². The van der Waals surface area contributed by atoms with Gasteiger partial charge in [0.1, 0.15) is 29.2 Å². The maximum absolute atomic E-state index is 14.5. The van der Waals surface area contributed by atoms with Crippen molar-refractivity contribution in [2.24, 2.45) is 34.0 Å². The third-order valence-corrected chi connectivity index (χ3v) is 14.2. The summed E-state index contributed by atoms with van der Waals surface area (Å²) in [5.41, 5.74) is -10.7. The number of hydrogen-bond acceptors (Lipinski definition) is 14. The molecule has 8 rings (SSSR count). The summed E-state index contributed by atoms with van der Waals surface area (Å²) in [6.45, 7) is 13.1.